The summed E-state index contributed by atoms with van der Waals surface area (Å²) in [4.78, 5) is 33.7. The van der Waals surface area contributed by atoms with E-state index in [1.807, 2.05) is 17.0 Å². The monoisotopic (exact) mass is 567 g/mol. The van der Waals surface area contributed by atoms with Gasteiger partial charge in [0.25, 0.3) is 0 Å². The van der Waals surface area contributed by atoms with Crippen LogP contribution >= 0.6 is 0 Å². The average Bonchev–Trinajstić information content (AvgIpc) is 3.42. The minimum absolute atomic E-state index is 0.0472. The van der Waals surface area contributed by atoms with Crippen molar-refractivity contribution in [2.45, 2.75) is 56.0 Å². The number of nitrogens with one attached hydrogen (secondary N) is 1. The predicted octanol–water partition coefficient (Wildman–Crippen LogP) is 3.41. The Morgan fingerprint density at radius 1 is 0.951 bits per heavy atom. The quantitative estimate of drug-likeness (QED) is 0.467. The maximum atomic E-state index is 13.0. The first-order chi connectivity index (χ1) is 19.7. The molecule has 1 unspecified atom stereocenters. The summed E-state index contributed by atoms with van der Waals surface area (Å²) in [6.45, 7) is 2.02. The standard InChI is InChI=1S/C29H32F3N7O2/c30-29(31,32)21-6-12-33-25(14-21)39-16-20(17-39)27(40)38-13-7-23(18-38)37-22-4-8-28(41,9-5-22)24-3-2-19(15-36-24)26-34-10-1-11-35-26/h1-3,6,10-12,14-15,20,22-23,37,41H,4-5,7-9,13,16-18H2. The molecule has 41 heavy (non-hydrogen) atoms. The zero-order chi connectivity index (χ0) is 28.6. The number of hydrogen-bond acceptors (Lipinski definition) is 8. The van der Waals surface area contributed by atoms with Crippen molar-refractivity contribution in [2.24, 2.45) is 5.92 Å². The number of likely N-dealkylation sites (tertiary alicyclic amines) is 1. The summed E-state index contributed by atoms with van der Waals surface area (Å²) in [7, 11) is 0. The van der Waals surface area contributed by atoms with Crippen LogP contribution in [0.1, 0.15) is 43.4 Å². The molecular formula is C29H32F3N7O2. The number of aliphatic hydroxyl groups is 1. The van der Waals surface area contributed by atoms with E-state index in [0.717, 1.165) is 43.2 Å². The van der Waals surface area contributed by atoms with Crippen molar-refractivity contribution >= 4 is 11.7 Å². The van der Waals surface area contributed by atoms with Crippen LogP contribution in [0.2, 0.25) is 0 Å². The van der Waals surface area contributed by atoms with Gasteiger partial charge in [-0.25, -0.2) is 15.0 Å². The number of halogens is 3. The van der Waals surface area contributed by atoms with Crippen molar-refractivity contribution in [3.8, 4) is 11.4 Å². The van der Waals surface area contributed by atoms with Gasteiger partial charge in [0.1, 0.15) is 11.4 Å². The van der Waals surface area contributed by atoms with Crippen LogP contribution in [0.3, 0.4) is 0 Å². The van der Waals surface area contributed by atoms with Crippen LogP contribution in [0.15, 0.2) is 55.1 Å². The highest BCUT2D eigenvalue weighted by Gasteiger charge is 2.41. The lowest BCUT2D eigenvalue weighted by Crippen LogP contribution is -2.55. The molecule has 1 amide bonds. The Bertz CT molecular complexity index is 1360. The lowest BCUT2D eigenvalue weighted by Gasteiger charge is -2.41. The SMILES string of the molecule is O=C(C1CN(c2cc(C(F)(F)F)ccn2)C1)N1CCC(NC2CCC(O)(c3ccc(-c4ncccn4)cn3)CC2)C1. The number of aromatic nitrogens is 4. The van der Waals surface area contributed by atoms with Gasteiger partial charge in [-0.15, -0.1) is 0 Å². The summed E-state index contributed by atoms with van der Waals surface area (Å²) < 4.78 is 39.1. The van der Waals surface area contributed by atoms with Crippen molar-refractivity contribution in [1.82, 2.24) is 30.2 Å². The lowest BCUT2D eigenvalue weighted by molar-refractivity contribution is -0.138. The number of carbonyl (C=O) groups excluding carboxylic acids is 1. The summed E-state index contributed by atoms with van der Waals surface area (Å²) in [6, 6.07) is 7.91. The zero-order valence-corrected chi connectivity index (χ0v) is 22.5. The van der Waals surface area contributed by atoms with Crippen LogP contribution in [0.5, 0.6) is 0 Å². The molecule has 9 nitrogen and oxygen atoms in total. The number of amides is 1. The van der Waals surface area contributed by atoms with E-state index in [9.17, 15) is 23.1 Å². The number of hydrogen-bond donors (Lipinski definition) is 2. The second-order valence-corrected chi connectivity index (χ2v) is 11.2. The largest absolute Gasteiger partial charge is 0.416 e. The van der Waals surface area contributed by atoms with Gasteiger partial charge in [0.2, 0.25) is 5.91 Å². The third-order valence-electron chi connectivity index (χ3n) is 8.48. The van der Waals surface area contributed by atoms with E-state index < -0.39 is 17.3 Å². The number of alkyl halides is 3. The molecule has 3 aromatic rings. The van der Waals surface area contributed by atoms with Gasteiger partial charge in [0, 0.05) is 68.6 Å². The van der Waals surface area contributed by atoms with Crippen molar-refractivity contribution in [3.63, 3.8) is 0 Å². The molecule has 216 valence electrons. The molecule has 1 atom stereocenters. The molecular weight excluding hydrogens is 535 g/mol. The van der Waals surface area contributed by atoms with E-state index >= 15 is 0 Å². The predicted molar refractivity (Wildman–Crippen MR) is 144 cm³/mol. The molecule has 5 heterocycles. The highest BCUT2D eigenvalue weighted by molar-refractivity contribution is 5.82. The maximum Gasteiger partial charge on any atom is 0.416 e. The van der Waals surface area contributed by atoms with Crippen LogP contribution in [0.25, 0.3) is 11.4 Å². The number of anilines is 1. The molecule has 2 N–H and O–H groups in total. The lowest BCUT2D eigenvalue weighted by atomic mass is 9.79. The number of carbonyl (C=O) groups is 1. The maximum absolute atomic E-state index is 13.0. The summed E-state index contributed by atoms with van der Waals surface area (Å²) >= 11 is 0. The summed E-state index contributed by atoms with van der Waals surface area (Å²) in [5.41, 5.74) is -0.255. The van der Waals surface area contributed by atoms with Gasteiger partial charge in [0.15, 0.2) is 5.82 Å². The molecule has 3 fully saturated rings. The molecule has 3 aromatic heterocycles. The van der Waals surface area contributed by atoms with E-state index in [2.05, 4.69) is 25.3 Å². The Labute approximate surface area is 235 Å². The van der Waals surface area contributed by atoms with Crippen molar-refractivity contribution in [1.29, 1.82) is 0 Å². The van der Waals surface area contributed by atoms with Crippen LogP contribution < -0.4 is 10.2 Å². The van der Waals surface area contributed by atoms with Crippen LogP contribution in [-0.4, -0.2) is 74.1 Å². The van der Waals surface area contributed by atoms with E-state index in [4.69, 9.17) is 0 Å². The third kappa shape index (κ3) is 5.89. The summed E-state index contributed by atoms with van der Waals surface area (Å²) in [6.07, 6.45) is 5.43. The van der Waals surface area contributed by atoms with Gasteiger partial charge >= 0.3 is 6.18 Å². The van der Waals surface area contributed by atoms with Crippen molar-refractivity contribution < 1.29 is 23.1 Å². The van der Waals surface area contributed by atoms with Gasteiger partial charge in [-0.2, -0.15) is 13.2 Å². The number of pyridine rings is 2. The van der Waals surface area contributed by atoms with Crippen molar-refractivity contribution in [2.75, 3.05) is 31.1 Å². The van der Waals surface area contributed by atoms with E-state index in [1.165, 1.54) is 0 Å². The normalized spacial score (nSPS) is 25.3. The molecule has 0 radical (unpaired) electrons. The molecule has 0 spiro atoms. The molecule has 2 aliphatic heterocycles. The minimum atomic E-state index is -4.42. The fourth-order valence-electron chi connectivity index (χ4n) is 6.05. The van der Waals surface area contributed by atoms with Gasteiger partial charge in [0.05, 0.1) is 17.2 Å². The average molecular weight is 568 g/mol. The minimum Gasteiger partial charge on any atom is -0.384 e. The second-order valence-electron chi connectivity index (χ2n) is 11.2. The second kappa shape index (κ2) is 11.0. The van der Waals surface area contributed by atoms with Crippen LogP contribution in [0.4, 0.5) is 19.0 Å². The summed E-state index contributed by atoms with van der Waals surface area (Å²) in [5, 5.41) is 15.0. The number of nitrogens with zero attached hydrogens (tertiary/aromatic N) is 6. The van der Waals surface area contributed by atoms with Crippen LogP contribution in [0, 0.1) is 5.92 Å². The topological polar surface area (TPSA) is 107 Å². The zero-order valence-electron chi connectivity index (χ0n) is 22.5. The molecule has 12 heteroatoms. The van der Waals surface area contributed by atoms with Crippen molar-refractivity contribution in [3.05, 3.63) is 66.4 Å². The van der Waals surface area contributed by atoms with Gasteiger partial charge in [-0.1, -0.05) is 0 Å². The Morgan fingerprint density at radius 2 is 1.71 bits per heavy atom. The fraction of sp³-hybridized carbons (Fsp3) is 0.483. The van der Waals surface area contributed by atoms with Gasteiger partial charge in [-0.05, 0) is 62.4 Å². The van der Waals surface area contributed by atoms with E-state index in [0.29, 0.717) is 50.5 Å². The van der Waals surface area contributed by atoms with Gasteiger partial charge < -0.3 is 20.2 Å². The first-order valence-electron chi connectivity index (χ1n) is 14.0. The van der Waals surface area contributed by atoms with E-state index in [-0.39, 0.29) is 29.7 Å². The molecule has 1 aliphatic carbocycles. The highest BCUT2D eigenvalue weighted by Crippen LogP contribution is 2.37. The smallest absolute Gasteiger partial charge is 0.384 e. The Balaban J connectivity index is 0.960. The third-order valence-corrected chi connectivity index (χ3v) is 8.48. The fourth-order valence-corrected chi connectivity index (χ4v) is 6.05. The molecule has 3 aliphatic rings. The molecule has 6 rings (SSSR count). The number of rotatable bonds is 6. The Kier molecular flexibility index (Phi) is 7.37. The van der Waals surface area contributed by atoms with Crippen LogP contribution in [-0.2, 0) is 16.6 Å². The van der Waals surface area contributed by atoms with E-state index in [1.54, 1.807) is 29.6 Å². The molecule has 2 saturated heterocycles. The molecule has 0 aromatic carbocycles. The summed E-state index contributed by atoms with van der Waals surface area (Å²) in [5.74, 6) is 0.657. The van der Waals surface area contributed by atoms with Gasteiger partial charge in [-0.3, -0.25) is 9.78 Å². The molecule has 0 bridgehead atoms. The Hall–Kier alpha value is -3.64. The highest BCUT2D eigenvalue weighted by atomic mass is 19.4. The first-order valence-corrected chi connectivity index (χ1v) is 14.0. The molecule has 1 saturated carbocycles. The Morgan fingerprint density at radius 3 is 2.39 bits per heavy atom. The first kappa shape index (κ1) is 27.5.